The van der Waals surface area contributed by atoms with Gasteiger partial charge in [0, 0.05) is 18.6 Å². The van der Waals surface area contributed by atoms with Crippen LogP contribution in [0.4, 0.5) is 0 Å². The van der Waals surface area contributed by atoms with E-state index in [1.165, 1.54) is 0 Å². The Morgan fingerprint density at radius 3 is 2.92 bits per heavy atom. The predicted octanol–water partition coefficient (Wildman–Crippen LogP) is 2.66. The number of hydrogen-bond acceptors (Lipinski definition) is 2. The third kappa shape index (κ3) is 1.26. The summed E-state index contributed by atoms with van der Waals surface area (Å²) >= 11 is 0. The highest BCUT2D eigenvalue weighted by Gasteiger charge is 2.09. The number of furan rings is 1. The number of aromatic amines is 1. The molecular weight excluding hydrogens is 166 g/mol. The number of fused-ring (bicyclic) bond motifs is 1. The summed E-state index contributed by atoms with van der Waals surface area (Å²) < 4.78 is 5.36. The van der Waals surface area contributed by atoms with Crippen LogP contribution in [0.15, 0.2) is 16.5 Å². The zero-order chi connectivity index (χ0) is 9.42. The van der Waals surface area contributed by atoms with Gasteiger partial charge in [-0.25, -0.2) is 0 Å². The third-order valence-corrected chi connectivity index (χ3v) is 2.05. The molecule has 0 unspecified atom stereocenters. The van der Waals surface area contributed by atoms with Gasteiger partial charge in [0.05, 0.1) is 11.2 Å². The van der Waals surface area contributed by atoms with E-state index in [1.54, 1.807) is 6.07 Å². The summed E-state index contributed by atoms with van der Waals surface area (Å²) in [6.07, 6.45) is 0.516. The van der Waals surface area contributed by atoms with Crippen LogP contribution in [0.2, 0.25) is 0 Å². The van der Waals surface area contributed by atoms with Crippen LogP contribution in [-0.2, 0) is 0 Å². The van der Waals surface area contributed by atoms with Crippen molar-refractivity contribution in [2.24, 2.45) is 0 Å². The Balaban J connectivity index is 2.51. The Labute approximate surface area is 75.7 Å². The molecule has 68 valence electrons. The number of aromatic nitrogens is 1. The van der Waals surface area contributed by atoms with Gasteiger partial charge in [-0.1, -0.05) is 6.92 Å². The van der Waals surface area contributed by atoms with E-state index < -0.39 is 0 Å². The quantitative estimate of drug-likeness (QED) is 0.717. The molecular formula is C10H11NO2. The van der Waals surface area contributed by atoms with Gasteiger partial charge in [0.15, 0.2) is 11.4 Å². The Bertz CT molecular complexity index is 419. The number of hydrogen-bond donors (Lipinski definition) is 1. The summed E-state index contributed by atoms with van der Waals surface area (Å²) in [6, 6.07) is 3.65. The van der Waals surface area contributed by atoms with Gasteiger partial charge in [0.2, 0.25) is 0 Å². The normalized spacial score (nSPS) is 10.9. The van der Waals surface area contributed by atoms with E-state index in [0.717, 1.165) is 16.9 Å². The van der Waals surface area contributed by atoms with Crippen molar-refractivity contribution in [2.75, 3.05) is 0 Å². The van der Waals surface area contributed by atoms with Crippen LogP contribution in [0.3, 0.4) is 0 Å². The second-order valence-electron chi connectivity index (χ2n) is 3.09. The van der Waals surface area contributed by atoms with Gasteiger partial charge in [-0.15, -0.1) is 0 Å². The topological polar surface area (TPSA) is 46.0 Å². The van der Waals surface area contributed by atoms with E-state index in [2.05, 4.69) is 4.98 Å². The summed E-state index contributed by atoms with van der Waals surface area (Å²) in [5.41, 5.74) is 2.29. The van der Waals surface area contributed by atoms with Crippen molar-refractivity contribution in [1.82, 2.24) is 4.98 Å². The molecule has 0 atom stereocenters. The molecule has 2 rings (SSSR count). The summed E-state index contributed by atoms with van der Waals surface area (Å²) in [6.45, 7) is 3.73. The van der Waals surface area contributed by atoms with Crippen LogP contribution in [0.1, 0.15) is 29.6 Å². The van der Waals surface area contributed by atoms with Crippen LogP contribution >= 0.6 is 0 Å². The molecule has 0 aliphatic heterocycles. The Morgan fingerprint density at radius 2 is 2.31 bits per heavy atom. The molecule has 13 heavy (non-hydrogen) atoms. The molecule has 0 aliphatic rings. The van der Waals surface area contributed by atoms with E-state index >= 15 is 0 Å². The highest BCUT2D eigenvalue weighted by molar-refractivity contribution is 5.98. The first-order valence-electron chi connectivity index (χ1n) is 4.33. The third-order valence-electron chi connectivity index (χ3n) is 2.05. The largest absolute Gasteiger partial charge is 0.460 e. The summed E-state index contributed by atoms with van der Waals surface area (Å²) in [7, 11) is 0. The van der Waals surface area contributed by atoms with Gasteiger partial charge in [0.1, 0.15) is 5.76 Å². The van der Waals surface area contributed by atoms with Crippen molar-refractivity contribution >= 4 is 16.9 Å². The maximum Gasteiger partial charge on any atom is 0.178 e. The zero-order valence-electron chi connectivity index (χ0n) is 7.68. The molecule has 0 aliphatic carbocycles. The summed E-state index contributed by atoms with van der Waals surface area (Å²) in [5, 5.41) is 0. The standard InChI is InChI=1S/C10H11NO2/c1-3-9(12)7-5-10-8(11-7)4-6(2)13-10/h4-5,11H,3H2,1-2H3. The minimum absolute atomic E-state index is 0.115. The molecule has 2 aromatic rings. The summed E-state index contributed by atoms with van der Waals surface area (Å²) in [4.78, 5) is 14.3. The summed E-state index contributed by atoms with van der Waals surface area (Å²) in [5.74, 6) is 0.973. The lowest BCUT2D eigenvalue weighted by atomic mass is 10.2. The number of nitrogens with one attached hydrogen (secondary N) is 1. The van der Waals surface area contributed by atoms with Crippen molar-refractivity contribution in [3.05, 3.63) is 23.6 Å². The number of aryl methyl sites for hydroxylation is 1. The average molecular weight is 177 g/mol. The van der Waals surface area contributed by atoms with Crippen LogP contribution < -0.4 is 0 Å². The van der Waals surface area contributed by atoms with Crippen molar-refractivity contribution in [3.8, 4) is 0 Å². The van der Waals surface area contributed by atoms with Crippen molar-refractivity contribution in [3.63, 3.8) is 0 Å². The smallest absolute Gasteiger partial charge is 0.178 e. The van der Waals surface area contributed by atoms with Crippen molar-refractivity contribution in [2.45, 2.75) is 20.3 Å². The number of rotatable bonds is 2. The molecule has 2 aromatic heterocycles. The fourth-order valence-corrected chi connectivity index (χ4v) is 1.39. The Kier molecular flexibility index (Phi) is 1.72. The average Bonchev–Trinajstić information content (AvgIpc) is 2.59. The lowest BCUT2D eigenvalue weighted by Gasteiger charge is -1.89. The Hall–Kier alpha value is -1.51. The maximum atomic E-state index is 11.3. The van der Waals surface area contributed by atoms with E-state index in [0.29, 0.717) is 12.1 Å². The molecule has 1 N–H and O–H groups in total. The molecule has 0 fully saturated rings. The molecule has 0 saturated carbocycles. The maximum absolute atomic E-state index is 11.3. The number of carbonyl (C=O) groups is 1. The van der Waals surface area contributed by atoms with E-state index in [-0.39, 0.29) is 5.78 Å². The van der Waals surface area contributed by atoms with Gasteiger partial charge >= 0.3 is 0 Å². The fourth-order valence-electron chi connectivity index (χ4n) is 1.39. The van der Waals surface area contributed by atoms with Gasteiger partial charge in [-0.05, 0) is 6.92 Å². The van der Waals surface area contributed by atoms with Gasteiger partial charge in [-0.2, -0.15) is 0 Å². The first-order chi connectivity index (χ1) is 6.20. The minimum Gasteiger partial charge on any atom is -0.460 e. The highest BCUT2D eigenvalue weighted by Crippen LogP contribution is 2.19. The lowest BCUT2D eigenvalue weighted by Crippen LogP contribution is -1.95. The first-order valence-corrected chi connectivity index (χ1v) is 4.33. The zero-order valence-corrected chi connectivity index (χ0v) is 7.68. The molecule has 0 bridgehead atoms. The predicted molar refractivity (Wildman–Crippen MR) is 49.9 cm³/mol. The molecule has 3 nitrogen and oxygen atoms in total. The van der Waals surface area contributed by atoms with Crippen molar-refractivity contribution < 1.29 is 9.21 Å². The second-order valence-corrected chi connectivity index (χ2v) is 3.09. The van der Waals surface area contributed by atoms with Crippen LogP contribution in [0.25, 0.3) is 11.1 Å². The van der Waals surface area contributed by atoms with Crippen LogP contribution in [0, 0.1) is 6.92 Å². The SMILES string of the molecule is CCC(=O)c1cc2oc(C)cc2[nH]1. The van der Waals surface area contributed by atoms with E-state index in [9.17, 15) is 4.79 Å². The molecule has 0 saturated heterocycles. The van der Waals surface area contributed by atoms with Gasteiger partial charge < -0.3 is 9.40 Å². The molecule has 0 radical (unpaired) electrons. The highest BCUT2D eigenvalue weighted by atomic mass is 16.3. The monoisotopic (exact) mass is 177 g/mol. The molecule has 0 spiro atoms. The number of carbonyl (C=O) groups excluding carboxylic acids is 1. The lowest BCUT2D eigenvalue weighted by molar-refractivity contribution is 0.0984. The molecule has 3 heteroatoms. The number of Topliss-reactive ketones (excluding diaryl/α,β-unsaturated/α-hetero) is 1. The number of ketones is 1. The molecule has 0 amide bonds. The first kappa shape index (κ1) is 8.10. The molecule has 0 aromatic carbocycles. The van der Waals surface area contributed by atoms with E-state index in [1.807, 2.05) is 19.9 Å². The number of H-pyrrole nitrogens is 1. The van der Waals surface area contributed by atoms with Crippen LogP contribution in [0.5, 0.6) is 0 Å². The fraction of sp³-hybridized carbons (Fsp3) is 0.300. The minimum atomic E-state index is 0.115. The second kappa shape index (κ2) is 2.76. The van der Waals surface area contributed by atoms with E-state index in [4.69, 9.17) is 4.42 Å². The van der Waals surface area contributed by atoms with Gasteiger partial charge in [0.25, 0.3) is 0 Å². The molecule has 2 heterocycles. The van der Waals surface area contributed by atoms with Crippen molar-refractivity contribution in [1.29, 1.82) is 0 Å². The Morgan fingerprint density at radius 1 is 1.54 bits per heavy atom. The van der Waals surface area contributed by atoms with Crippen LogP contribution in [-0.4, -0.2) is 10.8 Å². The van der Waals surface area contributed by atoms with Gasteiger partial charge in [-0.3, -0.25) is 4.79 Å².